The van der Waals surface area contributed by atoms with Crippen LogP contribution >= 0.6 is 11.8 Å². The first-order chi connectivity index (χ1) is 13.3. The van der Waals surface area contributed by atoms with Crippen LogP contribution in [0.3, 0.4) is 0 Å². The van der Waals surface area contributed by atoms with Gasteiger partial charge in [0.2, 0.25) is 5.91 Å². The SMILES string of the molecule is COc1ccc(N2C(=O)[C@H]3SC(c4ccccc4)=C(c4ccco4)[C@H]32)cc1. The van der Waals surface area contributed by atoms with E-state index in [0.29, 0.717) is 0 Å². The molecule has 0 bridgehead atoms. The highest BCUT2D eigenvalue weighted by Gasteiger charge is 2.56. The lowest BCUT2D eigenvalue weighted by Crippen LogP contribution is -2.62. The molecule has 0 unspecified atom stereocenters. The number of benzene rings is 2. The molecule has 4 nitrogen and oxygen atoms in total. The summed E-state index contributed by atoms with van der Waals surface area (Å²) in [6.45, 7) is 0. The van der Waals surface area contributed by atoms with Crippen LogP contribution < -0.4 is 9.64 Å². The van der Waals surface area contributed by atoms with E-state index in [2.05, 4.69) is 12.1 Å². The fourth-order valence-corrected chi connectivity index (χ4v) is 5.19. The molecule has 2 atom stereocenters. The smallest absolute Gasteiger partial charge is 0.243 e. The lowest BCUT2D eigenvalue weighted by molar-refractivity contribution is -0.122. The molecule has 0 saturated carbocycles. The average molecular weight is 375 g/mol. The Morgan fingerprint density at radius 1 is 1.00 bits per heavy atom. The third-order valence-electron chi connectivity index (χ3n) is 5.00. The van der Waals surface area contributed by atoms with Gasteiger partial charge in [-0.15, -0.1) is 11.8 Å². The number of carbonyl (C=O) groups is 1. The zero-order valence-electron chi connectivity index (χ0n) is 14.7. The number of amides is 1. The van der Waals surface area contributed by atoms with Gasteiger partial charge in [-0.2, -0.15) is 0 Å². The van der Waals surface area contributed by atoms with E-state index in [1.54, 1.807) is 25.1 Å². The van der Waals surface area contributed by atoms with Gasteiger partial charge in [0.1, 0.15) is 16.8 Å². The fraction of sp³-hybridized carbons (Fsp3) is 0.136. The van der Waals surface area contributed by atoms with Crippen LogP contribution in [-0.2, 0) is 4.79 Å². The van der Waals surface area contributed by atoms with Crippen molar-refractivity contribution in [2.75, 3.05) is 12.0 Å². The van der Waals surface area contributed by atoms with E-state index >= 15 is 0 Å². The quantitative estimate of drug-likeness (QED) is 0.621. The van der Waals surface area contributed by atoms with Crippen molar-refractivity contribution in [3.63, 3.8) is 0 Å². The summed E-state index contributed by atoms with van der Waals surface area (Å²) in [5.74, 6) is 1.72. The second-order valence-electron chi connectivity index (χ2n) is 6.48. The van der Waals surface area contributed by atoms with Crippen molar-refractivity contribution in [3.05, 3.63) is 84.3 Å². The molecular weight excluding hydrogens is 358 g/mol. The molecule has 1 saturated heterocycles. The molecular formula is C22H17NO3S. The molecule has 0 N–H and O–H groups in total. The molecule has 134 valence electrons. The minimum absolute atomic E-state index is 0.0303. The first kappa shape index (κ1) is 16.3. The number of ether oxygens (including phenoxy) is 1. The normalized spacial score (nSPS) is 21.2. The maximum Gasteiger partial charge on any atom is 0.243 e. The fourth-order valence-electron chi connectivity index (χ4n) is 3.72. The molecule has 0 radical (unpaired) electrons. The summed E-state index contributed by atoms with van der Waals surface area (Å²) in [5.41, 5.74) is 3.07. The lowest BCUT2D eigenvalue weighted by Gasteiger charge is -2.43. The Bertz CT molecular complexity index is 1010. The third-order valence-corrected chi connectivity index (χ3v) is 6.41. The van der Waals surface area contributed by atoms with Crippen molar-refractivity contribution in [2.24, 2.45) is 0 Å². The molecule has 3 aromatic rings. The van der Waals surface area contributed by atoms with Gasteiger partial charge in [0.25, 0.3) is 0 Å². The van der Waals surface area contributed by atoms with Crippen molar-refractivity contribution in [3.8, 4) is 5.75 Å². The summed E-state index contributed by atoms with van der Waals surface area (Å²) < 4.78 is 11.0. The topological polar surface area (TPSA) is 42.7 Å². The molecule has 1 amide bonds. The molecule has 0 spiro atoms. The van der Waals surface area contributed by atoms with Gasteiger partial charge in [-0.1, -0.05) is 30.3 Å². The van der Waals surface area contributed by atoms with Gasteiger partial charge in [-0.05, 0) is 42.0 Å². The zero-order chi connectivity index (χ0) is 18.4. The monoisotopic (exact) mass is 375 g/mol. The Hall–Kier alpha value is -2.92. The molecule has 5 heteroatoms. The van der Waals surface area contributed by atoms with E-state index < -0.39 is 0 Å². The first-order valence-corrected chi connectivity index (χ1v) is 9.63. The molecule has 5 rings (SSSR count). The molecule has 27 heavy (non-hydrogen) atoms. The van der Waals surface area contributed by atoms with Crippen molar-refractivity contribution in [2.45, 2.75) is 11.3 Å². The highest BCUT2D eigenvalue weighted by atomic mass is 32.2. The molecule has 0 aliphatic carbocycles. The Morgan fingerprint density at radius 2 is 1.78 bits per heavy atom. The Morgan fingerprint density at radius 3 is 2.44 bits per heavy atom. The van der Waals surface area contributed by atoms with Gasteiger partial charge in [0.15, 0.2) is 0 Å². The van der Waals surface area contributed by atoms with Crippen LogP contribution in [0.5, 0.6) is 5.75 Å². The predicted molar refractivity (Wildman–Crippen MR) is 108 cm³/mol. The van der Waals surface area contributed by atoms with Gasteiger partial charge < -0.3 is 14.1 Å². The highest BCUT2D eigenvalue weighted by Crippen LogP contribution is 2.56. The minimum Gasteiger partial charge on any atom is -0.497 e. The summed E-state index contributed by atoms with van der Waals surface area (Å²) in [4.78, 5) is 15.9. The van der Waals surface area contributed by atoms with E-state index in [9.17, 15) is 4.79 Å². The maximum atomic E-state index is 12.9. The van der Waals surface area contributed by atoms with E-state index in [1.165, 1.54) is 0 Å². The largest absolute Gasteiger partial charge is 0.497 e. The lowest BCUT2D eigenvalue weighted by atomic mass is 9.89. The van der Waals surface area contributed by atoms with Gasteiger partial charge in [0.05, 0.1) is 19.4 Å². The van der Waals surface area contributed by atoms with Crippen LogP contribution in [0.15, 0.2) is 77.4 Å². The van der Waals surface area contributed by atoms with Crippen LogP contribution in [0, 0.1) is 0 Å². The summed E-state index contributed by atoms with van der Waals surface area (Å²) in [7, 11) is 1.64. The minimum atomic E-state index is -0.109. The number of hydrogen-bond acceptors (Lipinski definition) is 4. The second-order valence-corrected chi connectivity index (χ2v) is 7.63. The Labute approximate surface area is 161 Å². The number of carbonyl (C=O) groups excluding carboxylic acids is 1. The summed E-state index contributed by atoms with van der Waals surface area (Å²) >= 11 is 1.64. The van der Waals surface area contributed by atoms with Crippen molar-refractivity contribution < 1.29 is 13.9 Å². The number of anilines is 1. The van der Waals surface area contributed by atoms with E-state index in [1.807, 2.05) is 59.5 Å². The Kier molecular flexibility index (Phi) is 3.83. The predicted octanol–water partition coefficient (Wildman–Crippen LogP) is 4.69. The third kappa shape index (κ3) is 2.50. The molecule has 3 heterocycles. The second kappa shape index (κ2) is 6.35. The van der Waals surface area contributed by atoms with Gasteiger partial charge in [0, 0.05) is 16.2 Å². The number of furan rings is 1. The van der Waals surface area contributed by atoms with Crippen LogP contribution in [0.1, 0.15) is 11.3 Å². The zero-order valence-corrected chi connectivity index (χ0v) is 15.5. The summed E-state index contributed by atoms with van der Waals surface area (Å²) in [6.07, 6.45) is 1.68. The van der Waals surface area contributed by atoms with E-state index in [4.69, 9.17) is 9.15 Å². The van der Waals surface area contributed by atoms with E-state index in [0.717, 1.165) is 33.2 Å². The number of fused-ring (bicyclic) bond motifs is 1. The van der Waals surface area contributed by atoms with Crippen molar-refractivity contribution >= 4 is 33.8 Å². The standard InChI is InChI=1S/C22H17NO3S/c1-25-16-11-9-15(10-12-16)23-19-18(17-8-5-13-26-17)20(27-21(19)22(23)24)14-6-3-2-4-7-14/h2-13,19,21H,1H3/t19-,21+/m1/s1. The van der Waals surface area contributed by atoms with Crippen molar-refractivity contribution in [1.82, 2.24) is 0 Å². The highest BCUT2D eigenvalue weighted by molar-refractivity contribution is 8.10. The molecule has 2 aliphatic rings. The average Bonchev–Trinajstić information content (AvgIpc) is 3.35. The molecule has 1 fully saturated rings. The van der Waals surface area contributed by atoms with E-state index in [-0.39, 0.29) is 17.2 Å². The van der Waals surface area contributed by atoms with Crippen molar-refractivity contribution in [1.29, 1.82) is 0 Å². The number of rotatable bonds is 4. The summed E-state index contributed by atoms with van der Waals surface area (Å²) in [6, 6.07) is 21.7. The number of thioether (sulfide) groups is 1. The van der Waals surface area contributed by atoms with Crippen LogP contribution in [0.2, 0.25) is 0 Å². The van der Waals surface area contributed by atoms with Crippen LogP contribution in [-0.4, -0.2) is 24.3 Å². The van der Waals surface area contributed by atoms with Gasteiger partial charge >= 0.3 is 0 Å². The van der Waals surface area contributed by atoms with Crippen LogP contribution in [0.4, 0.5) is 5.69 Å². The first-order valence-electron chi connectivity index (χ1n) is 8.75. The molecule has 1 aromatic heterocycles. The molecule has 2 aliphatic heterocycles. The van der Waals surface area contributed by atoms with Gasteiger partial charge in [-0.25, -0.2) is 0 Å². The van der Waals surface area contributed by atoms with Crippen LogP contribution in [0.25, 0.3) is 10.5 Å². The summed E-state index contributed by atoms with van der Waals surface area (Å²) in [5, 5.41) is -0.109. The maximum absolute atomic E-state index is 12.9. The molecule has 2 aromatic carbocycles. The number of β-lactam (4-membered cyclic amide) rings is 1. The number of nitrogens with zero attached hydrogens (tertiary/aromatic N) is 1. The number of methoxy groups -OCH3 is 1. The number of hydrogen-bond donors (Lipinski definition) is 0. The Balaban J connectivity index is 1.60. The van der Waals surface area contributed by atoms with Gasteiger partial charge in [-0.3, -0.25) is 4.79 Å².